The zero-order valence-corrected chi connectivity index (χ0v) is 11.1. The van der Waals surface area contributed by atoms with Gasteiger partial charge in [-0.3, -0.25) is 9.98 Å². The van der Waals surface area contributed by atoms with Crippen LogP contribution in [0.1, 0.15) is 16.7 Å². The number of pyridine rings is 1. The SMILES string of the molecule is Fc1cnccc1C1=Nc2cc(C(F)(F)F)c(Cl)cc2C1. The van der Waals surface area contributed by atoms with Gasteiger partial charge in [0, 0.05) is 18.2 Å². The maximum absolute atomic E-state index is 13.7. The number of nitrogens with zero attached hydrogens (tertiary/aromatic N) is 2. The van der Waals surface area contributed by atoms with E-state index in [1.165, 1.54) is 18.3 Å². The summed E-state index contributed by atoms with van der Waals surface area (Å²) in [6.07, 6.45) is -1.88. The first-order valence-electron chi connectivity index (χ1n) is 5.93. The highest BCUT2D eigenvalue weighted by Gasteiger charge is 2.35. The minimum absolute atomic E-state index is 0.165. The van der Waals surface area contributed by atoms with Crippen LogP contribution in [0.25, 0.3) is 0 Å². The van der Waals surface area contributed by atoms with Crippen LogP contribution in [0.15, 0.2) is 35.6 Å². The molecule has 1 aromatic heterocycles. The highest BCUT2D eigenvalue weighted by atomic mass is 35.5. The summed E-state index contributed by atoms with van der Waals surface area (Å²) >= 11 is 5.66. The van der Waals surface area contributed by atoms with Gasteiger partial charge in [-0.1, -0.05) is 11.6 Å². The van der Waals surface area contributed by atoms with E-state index in [-0.39, 0.29) is 22.7 Å². The Morgan fingerprint density at radius 2 is 1.95 bits per heavy atom. The molecular weight excluding hydrogens is 308 g/mol. The van der Waals surface area contributed by atoms with Gasteiger partial charge in [-0.05, 0) is 23.8 Å². The number of benzene rings is 1. The Hall–Kier alpha value is -1.95. The Morgan fingerprint density at radius 3 is 2.62 bits per heavy atom. The lowest BCUT2D eigenvalue weighted by molar-refractivity contribution is -0.137. The fourth-order valence-corrected chi connectivity index (χ4v) is 2.49. The van der Waals surface area contributed by atoms with E-state index in [1.54, 1.807) is 0 Å². The predicted molar refractivity (Wildman–Crippen MR) is 70.6 cm³/mol. The minimum atomic E-state index is -4.55. The molecule has 0 unspecified atom stereocenters. The third-order valence-corrected chi connectivity index (χ3v) is 3.48. The van der Waals surface area contributed by atoms with Gasteiger partial charge in [0.05, 0.1) is 28.2 Å². The second-order valence-electron chi connectivity index (χ2n) is 4.55. The fourth-order valence-electron chi connectivity index (χ4n) is 2.20. The number of aromatic nitrogens is 1. The Balaban J connectivity index is 2.06. The third kappa shape index (κ3) is 2.51. The molecule has 0 aliphatic carbocycles. The molecule has 0 spiro atoms. The van der Waals surface area contributed by atoms with E-state index in [9.17, 15) is 17.6 Å². The minimum Gasteiger partial charge on any atom is -0.262 e. The molecule has 1 aliphatic rings. The standard InChI is InChI=1S/C14H7ClF4N2/c15-10-3-7-4-13(8-1-2-20-6-11(8)16)21-12(7)5-9(10)14(17,18)19/h1-3,5-6H,4H2. The lowest BCUT2D eigenvalue weighted by Crippen LogP contribution is -2.06. The van der Waals surface area contributed by atoms with Gasteiger partial charge in [-0.2, -0.15) is 13.2 Å². The Kier molecular flexibility index (Phi) is 3.20. The van der Waals surface area contributed by atoms with Gasteiger partial charge in [0.15, 0.2) is 5.82 Å². The van der Waals surface area contributed by atoms with Gasteiger partial charge in [0.25, 0.3) is 0 Å². The number of aliphatic imine (C=N–C) groups is 1. The quantitative estimate of drug-likeness (QED) is 0.708. The van der Waals surface area contributed by atoms with E-state index in [0.717, 1.165) is 12.3 Å². The van der Waals surface area contributed by atoms with Gasteiger partial charge in [-0.15, -0.1) is 0 Å². The van der Waals surface area contributed by atoms with Crippen LogP contribution in [0.2, 0.25) is 5.02 Å². The van der Waals surface area contributed by atoms with Crippen molar-refractivity contribution in [3.8, 4) is 0 Å². The van der Waals surface area contributed by atoms with Crippen molar-refractivity contribution < 1.29 is 17.6 Å². The zero-order valence-electron chi connectivity index (χ0n) is 10.4. The van der Waals surface area contributed by atoms with Crippen LogP contribution >= 0.6 is 11.6 Å². The maximum atomic E-state index is 13.7. The number of rotatable bonds is 1. The molecule has 0 saturated carbocycles. The zero-order chi connectivity index (χ0) is 15.2. The van der Waals surface area contributed by atoms with Crippen LogP contribution in [0.4, 0.5) is 23.2 Å². The summed E-state index contributed by atoms with van der Waals surface area (Å²) in [6, 6.07) is 3.56. The van der Waals surface area contributed by atoms with Crippen molar-refractivity contribution in [2.24, 2.45) is 4.99 Å². The summed E-state index contributed by atoms with van der Waals surface area (Å²) in [5, 5.41) is -0.382. The summed E-state index contributed by atoms with van der Waals surface area (Å²) in [7, 11) is 0. The van der Waals surface area contributed by atoms with Gasteiger partial charge in [0.1, 0.15) is 0 Å². The summed E-state index contributed by atoms with van der Waals surface area (Å²) in [6.45, 7) is 0. The normalized spacial score (nSPS) is 14.0. The van der Waals surface area contributed by atoms with Crippen molar-refractivity contribution in [2.45, 2.75) is 12.6 Å². The van der Waals surface area contributed by atoms with Crippen molar-refractivity contribution >= 4 is 23.0 Å². The van der Waals surface area contributed by atoms with E-state index < -0.39 is 17.6 Å². The summed E-state index contributed by atoms with van der Waals surface area (Å²) in [5.74, 6) is -0.564. The van der Waals surface area contributed by atoms with Crippen LogP contribution in [-0.4, -0.2) is 10.7 Å². The number of alkyl halides is 3. The van der Waals surface area contributed by atoms with Crippen LogP contribution in [0, 0.1) is 5.82 Å². The molecule has 2 heterocycles. The molecule has 0 N–H and O–H groups in total. The molecule has 1 aromatic carbocycles. The highest BCUT2D eigenvalue weighted by molar-refractivity contribution is 6.31. The van der Waals surface area contributed by atoms with Gasteiger partial charge >= 0.3 is 6.18 Å². The highest BCUT2D eigenvalue weighted by Crippen LogP contribution is 2.41. The maximum Gasteiger partial charge on any atom is 0.417 e. The molecule has 0 bridgehead atoms. The molecule has 0 radical (unpaired) electrons. The van der Waals surface area contributed by atoms with Crippen LogP contribution in [0.3, 0.4) is 0 Å². The Labute approximate surface area is 122 Å². The summed E-state index contributed by atoms with van der Waals surface area (Å²) in [5.41, 5.74) is 0.353. The molecule has 2 nitrogen and oxygen atoms in total. The molecule has 2 aromatic rings. The van der Waals surface area contributed by atoms with Gasteiger partial charge in [-0.25, -0.2) is 4.39 Å². The smallest absolute Gasteiger partial charge is 0.262 e. The predicted octanol–water partition coefficient (Wildman–Crippen LogP) is 4.57. The lowest BCUT2D eigenvalue weighted by Gasteiger charge is -2.10. The van der Waals surface area contributed by atoms with E-state index in [0.29, 0.717) is 11.3 Å². The molecule has 0 atom stereocenters. The molecule has 0 fully saturated rings. The van der Waals surface area contributed by atoms with Gasteiger partial charge < -0.3 is 0 Å². The average Bonchev–Trinajstić information content (AvgIpc) is 2.79. The van der Waals surface area contributed by atoms with Crippen molar-refractivity contribution in [2.75, 3.05) is 0 Å². The molecule has 21 heavy (non-hydrogen) atoms. The van der Waals surface area contributed by atoms with Crippen LogP contribution in [-0.2, 0) is 12.6 Å². The lowest BCUT2D eigenvalue weighted by atomic mass is 10.0. The van der Waals surface area contributed by atoms with Crippen LogP contribution < -0.4 is 0 Å². The molecule has 0 amide bonds. The Bertz CT molecular complexity index is 753. The molecule has 7 heteroatoms. The first-order chi connectivity index (χ1) is 9.86. The molecular formula is C14H7ClF4N2. The number of halogens is 5. The van der Waals surface area contributed by atoms with Gasteiger partial charge in [0.2, 0.25) is 0 Å². The van der Waals surface area contributed by atoms with E-state index in [2.05, 4.69) is 9.98 Å². The third-order valence-electron chi connectivity index (χ3n) is 3.17. The first-order valence-corrected chi connectivity index (χ1v) is 6.31. The number of fused-ring (bicyclic) bond motifs is 1. The fraction of sp³-hybridized carbons (Fsp3) is 0.143. The average molecular weight is 315 g/mol. The second kappa shape index (κ2) is 4.80. The topological polar surface area (TPSA) is 25.2 Å². The molecule has 3 rings (SSSR count). The van der Waals surface area contributed by atoms with E-state index in [1.807, 2.05) is 0 Å². The largest absolute Gasteiger partial charge is 0.417 e. The van der Waals surface area contributed by atoms with Crippen molar-refractivity contribution in [3.63, 3.8) is 0 Å². The summed E-state index contributed by atoms with van der Waals surface area (Å²) in [4.78, 5) is 7.71. The molecule has 108 valence electrons. The van der Waals surface area contributed by atoms with Crippen molar-refractivity contribution in [3.05, 3.63) is 58.1 Å². The molecule has 1 aliphatic heterocycles. The second-order valence-corrected chi connectivity index (χ2v) is 4.96. The van der Waals surface area contributed by atoms with Crippen LogP contribution in [0.5, 0.6) is 0 Å². The Morgan fingerprint density at radius 1 is 1.19 bits per heavy atom. The van der Waals surface area contributed by atoms with E-state index >= 15 is 0 Å². The van der Waals surface area contributed by atoms with Crippen molar-refractivity contribution in [1.82, 2.24) is 4.98 Å². The molecule has 0 saturated heterocycles. The first kappa shape index (κ1) is 14.0. The van der Waals surface area contributed by atoms with Crippen molar-refractivity contribution in [1.29, 1.82) is 0 Å². The number of hydrogen-bond donors (Lipinski definition) is 0. The monoisotopic (exact) mass is 314 g/mol. The summed E-state index contributed by atoms with van der Waals surface area (Å²) < 4.78 is 52.1. The number of hydrogen-bond acceptors (Lipinski definition) is 2. The van der Waals surface area contributed by atoms with E-state index in [4.69, 9.17) is 11.6 Å².